The van der Waals surface area contributed by atoms with E-state index in [-0.39, 0.29) is 0 Å². The van der Waals surface area contributed by atoms with Crippen molar-refractivity contribution in [2.45, 2.75) is 26.2 Å². The summed E-state index contributed by atoms with van der Waals surface area (Å²) < 4.78 is 22.6. The fraction of sp³-hybridized carbons (Fsp3) is 1.00. The van der Waals surface area contributed by atoms with Gasteiger partial charge in [0.15, 0.2) is 0 Å². The van der Waals surface area contributed by atoms with Gasteiger partial charge in [-0.1, -0.05) is 26.2 Å². The fourth-order valence-corrected chi connectivity index (χ4v) is 33.4. The lowest BCUT2D eigenvalue weighted by Crippen LogP contribution is -2.40. The molecule has 0 rings (SSSR count). The van der Waals surface area contributed by atoms with Crippen LogP contribution in [0.5, 0.6) is 0 Å². The van der Waals surface area contributed by atoms with E-state index in [2.05, 4.69) is 0 Å². The summed E-state index contributed by atoms with van der Waals surface area (Å²) in [7, 11) is -5.30. The van der Waals surface area contributed by atoms with E-state index >= 15 is 0 Å². The lowest BCUT2D eigenvalue weighted by molar-refractivity contribution is 0.560. The molecule has 0 saturated carbocycles. The average molecular weight is 206 g/mol. The monoisotopic (exact) mass is 206 g/mol. The zero-order valence-electron chi connectivity index (χ0n) is 6.97. The van der Waals surface area contributed by atoms with E-state index in [9.17, 15) is 8.92 Å². The minimum atomic E-state index is -1.59. The molecule has 0 N–H and O–H groups in total. The van der Waals surface area contributed by atoms with Crippen molar-refractivity contribution in [1.29, 1.82) is 0 Å². The zero-order chi connectivity index (χ0) is 8.31. The molecule has 0 aliphatic carbocycles. The van der Waals surface area contributed by atoms with Crippen molar-refractivity contribution in [3.05, 3.63) is 0 Å². The Hall–Kier alpha value is 0.468. The summed E-state index contributed by atoms with van der Waals surface area (Å²) in [6, 6.07) is 0. The van der Waals surface area contributed by atoms with E-state index < -0.39 is 32.1 Å². The Kier molecular flexibility index (Phi) is 4.57. The Morgan fingerprint density at radius 1 is 0.800 bits per heavy atom. The molecule has 0 aromatic rings. The second-order valence-electron chi connectivity index (χ2n) is 3.04. The Morgan fingerprint density at radius 2 is 1.00 bits per heavy atom. The van der Waals surface area contributed by atoms with Gasteiger partial charge in [-0.3, -0.25) is 0 Å². The highest BCUT2D eigenvalue weighted by atomic mass is 29.8. The first-order valence-electron chi connectivity index (χ1n) is 3.54. The van der Waals surface area contributed by atoms with Gasteiger partial charge in [0.2, 0.25) is 0 Å². The predicted molar refractivity (Wildman–Crippen MR) is 50.6 cm³/mol. The summed E-state index contributed by atoms with van der Waals surface area (Å²) >= 11 is 0. The molecule has 0 heterocycles. The predicted octanol–water partition coefficient (Wildman–Crippen LogP) is 0.0390. The molecule has 0 spiro atoms. The molecule has 0 radical (unpaired) electrons. The van der Waals surface area contributed by atoms with Crippen LogP contribution in [0.1, 0.15) is 0 Å². The van der Waals surface area contributed by atoms with Crippen LogP contribution in [0, 0.1) is 0 Å². The SMILES string of the molecule is C[SiH](C)[Si](=O)[Si](=O)[SiH](C)C. The summed E-state index contributed by atoms with van der Waals surface area (Å²) in [4.78, 5) is 0. The molecule has 0 saturated heterocycles. The number of hydrogen-bond acceptors (Lipinski definition) is 2. The Balaban J connectivity index is 4.10. The van der Waals surface area contributed by atoms with Gasteiger partial charge >= 0.3 is 0 Å². The third-order valence-electron chi connectivity index (χ3n) is 1.29. The lowest BCUT2D eigenvalue weighted by Gasteiger charge is -1.98. The number of hydrogen-bond donors (Lipinski definition) is 0. The van der Waals surface area contributed by atoms with Crippen molar-refractivity contribution in [2.75, 3.05) is 0 Å². The Labute approximate surface area is 67.6 Å². The van der Waals surface area contributed by atoms with Crippen LogP contribution in [-0.2, 0) is 8.92 Å². The van der Waals surface area contributed by atoms with Gasteiger partial charge < -0.3 is 8.92 Å². The van der Waals surface area contributed by atoms with Crippen LogP contribution in [-0.4, -0.2) is 32.1 Å². The van der Waals surface area contributed by atoms with Crippen molar-refractivity contribution < 1.29 is 8.92 Å². The molecule has 0 aromatic heterocycles. The van der Waals surface area contributed by atoms with E-state index in [1.165, 1.54) is 0 Å². The van der Waals surface area contributed by atoms with Gasteiger partial charge in [-0.25, -0.2) is 0 Å². The van der Waals surface area contributed by atoms with Gasteiger partial charge in [0.05, 0.1) is 16.6 Å². The molecule has 0 fully saturated rings. The lowest BCUT2D eigenvalue weighted by atomic mass is 11.9. The van der Waals surface area contributed by atoms with Gasteiger partial charge in [-0.2, -0.15) is 0 Å². The van der Waals surface area contributed by atoms with E-state index in [1.54, 1.807) is 0 Å². The number of rotatable bonds is 3. The Morgan fingerprint density at radius 3 is 1.10 bits per heavy atom. The molecule has 6 heteroatoms. The van der Waals surface area contributed by atoms with Gasteiger partial charge in [0.25, 0.3) is 15.4 Å². The molecule has 0 unspecified atom stereocenters. The van der Waals surface area contributed by atoms with Crippen molar-refractivity contribution in [2.24, 2.45) is 0 Å². The summed E-state index contributed by atoms with van der Waals surface area (Å²) in [5.74, 6) is 0. The van der Waals surface area contributed by atoms with Gasteiger partial charge in [-0.15, -0.1) is 0 Å². The third kappa shape index (κ3) is 3.04. The van der Waals surface area contributed by atoms with Crippen molar-refractivity contribution in [3.8, 4) is 0 Å². The van der Waals surface area contributed by atoms with E-state index in [0.29, 0.717) is 0 Å². The summed E-state index contributed by atoms with van der Waals surface area (Å²) in [6.07, 6.45) is 0. The van der Waals surface area contributed by atoms with Crippen molar-refractivity contribution in [1.82, 2.24) is 0 Å². The summed E-state index contributed by atoms with van der Waals surface area (Å²) in [5.41, 5.74) is 0. The molecule has 0 aliphatic heterocycles. The highest BCUT2D eigenvalue weighted by Crippen LogP contribution is 1.86. The van der Waals surface area contributed by atoms with E-state index in [0.717, 1.165) is 0 Å². The second kappa shape index (κ2) is 4.37. The zero-order valence-corrected chi connectivity index (χ0v) is 11.3. The maximum Gasteiger partial charge on any atom is 0.297 e. The van der Waals surface area contributed by atoms with E-state index in [1.807, 2.05) is 26.2 Å². The normalized spacial score (nSPS) is 10.6. The second-order valence-corrected chi connectivity index (χ2v) is 25.6. The van der Waals surface area contributed by atoms with Gasteiger partial charge in [0.1, 0.15) is 0 Å². The molecule has 0 aromatic carbocycles. The van der Waals surface area contributed by atoms with Crippen molar-refractivity contribution >= 4 is 32.1 Å². The minimum Gasteiger partial charge on any atom is -0.390 e. The molecule has 10 heavy (non-hydrogen) atoms. The van der Waals surface area contributed by atoms with Crippen LogP contribution in [0.25, 0.3) is 0 Å². The maximum absolute atomic E-state index is 11.3. The van der Waals surface area contributed by atoms with Gasteiger partial charge in [0, 0.05) is 0 Å². The molecule has 0 aliphatic rings. The maximum atomic E-state index is 11.3. The smallest absolute Gasteiger partial charge is 0.297 e. The Bertz CT molecular complexity index is 135. The summed E-state index contributed by atoms with van der Waals surface area (Å²) in [6.45, 7) is 8.11. The van der Waals surface area contributed by atoms with Crippen LogP contribution in [0.4, 0.5) is 0 Å². The first-order chi connectivity index (χ1) is 4.46. The average Bonchev–Trinajstić information content (AvgIpc) is 1.84. The molecule has 0 amide bonds. The largest absolute Gasteiger partial charge is 0.390 e. The third-order valence-corrected chi connectivity index (χ3v) is 30.1. The first-order valence-corrected chi connectivity index (χ1v) is 15.6. The summed E-state index contributed by atoms with van der Waals surface area (Å²) in [5, 5.41) is 0. The molecule has 0 bridgehead atoms. The van der Waals surface area contributed by atoms with Crippen LogP contribution >= 0.6 is 0 Å². The van der Waals surface area contributed by atoms with Crippen LogP contribution in [0.3, 0.4) is 0 Å². The fourth-order valence-electron chi connectivity index (χ4n) is 0.569. The van der Waals surface area contributed by atoms with Gasteiger partial charge in [-0.05, 0) is 0 Å². The highest BCUT2D eigenvalue weighted by Gasteiger charge is 2.26. The minimum absolute atomic E-state index is 1.06. The van der Waals surface area contributed by atoms with Crippen LogP contribution in [0.15, 0.2) is 0 Å². The molecule has 0 atom stereocenters. The quantitative estimate of drug-likeness (QED) is 0.611. The van der Waals surface area contributed by atoms with E-state index in [4.69, 9.17) is 0 Å². The molecular weight excluding hydrogens is 192 g/mol. The topological polar surface area (TPSA) is 34.1 Å². The van der Waals surface area contributed by atoms with Crippen LogP contribution < -0.4 is 0 Å². The van der Waals surface area contributed by atoms with Crippen molar-refractivity contribution in [3.63, 3.8) is 0 Å². The molecular formula is C4H14O2Si4. The standard InChI is InChI=1S/C4H14O2Si4/c1-7(2)9(5)10(6)8(3)4/h7-8H,1-4H3. The first kappa shape index (κ1) is 10.5. The highest BCUT2D eigenvalue weighted by molar-refractivity contribution is 7.55. The molecule has 58 valence electrons. The molecule has 2 nitrogen and oxygen atoms in total. The van der Waals surface area contributed by atoms with Crippen LogP contribution in [0.2, 0.25) is 26.2 Å².